The van der Waals surface area contributed by atoms with Gasteiger partial charge in [-0.15, -0.1) is 0 Å². The highest BCUT2D eigenvalue weighted by Crippen LogP contribution is 2.70. The van der Waals surface area contributed by atoms with E-state index in [1.807, 2.05) is 0 Å². The van der Waals surface area contributed by atoms with E-state index in [4.69, 9.17) is 14.2 Å². The molecular weight excluding hydrogens is 492 g/mol. The molecule has 1 saturated heterocycles. The van der Waals surface area contributed by atoms with Crippen molar-refractivity contribution in [3.8, 4) is 0 Å². The molecule has 38 heavy (non-hydrogen) atoms. The van der Waals surface area contributed by atoms with Crippen LogP contribution in [0, 0.1) is 34.5 Å². The number of esters is 1. The van der Waals surface area contributed by atoms with Gasteiger partial charge in [-0.25, -0.2) is 4.79 Å². The number of aliphatic hydroxyl groups is 5. The van der Waals surface area contributed by atoms with Gasteiger partial charge in [-0.2, -0.15) is 0 Å². The molecule has 4 saturated carbocycles. The van der Waals surface area contributed by atoms with E-state index >= 15 is 0 Å². The summed E-state index contributed by atoms with van der Waals surface area (Å²) in [6, 6.07) is 0. The molecule has 9 nitrogen and oxygen atoms in total. The maximum absolute atomic E-state index is 12.4. The molecule has 6 aliphatic rings. The van der Waals surface area contributed by atoms with E-state index in [9.17, 15) is 30.3 Å². The van der Waals surface area contributed by atoms with Crippen molar-refractivity contribution >= 4 is 5.97 Å². The molecule has 0 aromatic rings. The van der Waals surface area contributed by atoms with Crippen LogP contribution in [0.5, 0.6) is 0 Å². The number of cyclic esters (lactones) is 1. The van der Waals surface area contributed by atoms with Crippen LogP contribution in [0.3, 0.4) is 0 Å². The summed E-state index contributed by atoms with van der Waals surface area (Å²) in [4.78, 5) is 11.8. The molecule has 2 aliphatic heterocycles. The highest BCUT2D eigenvalue weighted by Gasteiger charge is 2.67. The summed E-state index contributed by atoms with van der Waals surface area (Å²) in [6.07, 6.45) is 3.41. The maximum atomic E-state index is 12.4. The van der Waals surface area contributed by atoms with Gasteiger partial charge >= 0.3 is 5.97 Å². The van der Waals surface area contributed by atoms with Crippen molar-refractivity contribution < 1.29 is 44.5 Å². The minimum absolute atomic E-state index is 0.0823. The molecule has 5 fully saturated rings. The van der Waals surface area contributed by atoms with Crippen LogP contribution in [0.4, 0.5) is 0 Å². The van der Waals surface area contributed by atoms with Crippen LogP contribution in [0.1, 0.15) is 71.6 Å². The van der Waals surface area contributed by atoms with Gasteiger partial charge in [0.25, 0.3) is 0 Å². The van der Waals surface area contributed by atoms with E-state index in [-0.39, 0.29) is 34.7 Å². The number of carbonyl (C=O) groups excluding carboxylic acids is 1. The Morgan fingerprint density at radius 1 is 0.974 bits per heavy atom. The fraction of sp³-hybridized carbons (Fsp3) is 0.897. The van der Waals surface area contributed by atoms with Crippen molar-refractivity contribution in [2.45, 2.75) is 114 Å². The lowest BCUT2D eigenvalue weighted by atomic mass is 9.43. The first kappa shape index (κ1) is 27.1. The van der Waals surface area contributed by atoms with Crippen molar-refractivity contribution in [2.24, 2.45) is 34.5 Å². The van der Waals surface area contributed by atoms with Crippen LogP contribution in [0.2, 0.25) is 0 Å². The molecule has 13 atom stereocenters. The molecule has 9 heteroatoms. The number of carbonyl (C=O) groups is 1. The van der Waals surface area contributed by atoms with E-state index in [0.717, 1.165) is 63.4 Å². The topological polar surface area (TPSA) is 146 Å². The van der Waals surface area contributed by atoms with Gasteiger partial charge in [0.2, 0.25) is 0 Å². The fourth-order valence-corrected chi connectivity index (χ4v) is 9.86. The molecule has 0 amide bonds. The Labute approximate surface area is 224 Å². The Morgan fingerprint density at radius 2 is 1.76 bits per heavy atom. The van der Waals surface area contributed by atoms with Crippen LogP contribution in [-0.4, -0.2) is 87.1 Å². The third-order valence-corrected chi connectivity index (χ3v) is 12.1. The zero-order valence-electron chi connectivity index (χ0n) is 22.5. The number of fused-ring (bicyclic) bond motifs is 5. The summed E-state index contributed by atoms with van der Waals surface area (Å²) in [5, 5.41) is 52.6. The summed E-state index contributed by atoms with van der Waals surface area (Å²) < 4.78 is 17.0. The van der Waals surface area contributed by atoms with Crippen molar-refractivity contribution in [3.05, 3.63) is 11.6 Å². The van der Waals surface area contributed by atoms with E-state index in [2.05, 4.69) is 13.8 Å². The Bertz CT molecular complexity index is 968. The summed E-state index contributed by atoms with van der Waals surface area (Å²) in [5.74, 6) is 0.994. The molecule has 0 spiro atoms. The highest BCUT2D eigenvalue weighted by molar-refractivity contribution is 5.85. The lowest BCUT2D eigenvalue weighted by Gasteiger charge is -2.64. The van der Waals surface area contributed by atoms with Crippen LogP contribution in [0.25, 0.3) is 0 Å². The number of rotatable bonds is 4. The Balaban J connectivity index is 1.15. The number of hydrogen-bond acceptors (Lipinski definition) is 9. The van der Waals surface area contributed by atoms with Crippen molar-refractivity contribution in [3.63, 3.8) is 0 Å². The van der Waals surface area contributed by atoms with Crippen LogP contribution in [0.15, 0.2) is 11.6 Å². The standard InChI is InChI=1S/C29H44O9/c1-27-8-5-17(37-26-25(34)24(33)23(32)21(13-30)38-26)12-16(27)3-4-20-19(27)6-9-28(2)18(7-10-29(20,28)35)15-11-22(31)36-14-15/h11,16-21,23-26,30,32-35H,3-10,12-14H2,1-2H3/t16-,17?,18-,19+,20-,21-,23+,24+,25-,26-,27+,28-,29+/m1/s1. The van der Waals surface area contributed by atoms with Gasteiger partial charge in [-0.3, -0.25) is 0 Å². The van der Waals surface area contributed by atoms with Gasteiger partial charge in [-0.1, -0.05) is 13.8 Å². The number of ether oxygens (including phenoxy) is 3. The maximum Gasteiger partial charge on any atom is 0.331 e. The van der Waals surface area contributed by atoms with E-state index < -0.39 is 42.9 Å². The number of hydrogen-bond donors (Lipinski definition) is 5. The molecule has 214 valence electrons. The average Bonchev–Trinajstić information content (AvgIpc) is 3.44. The molecule has 2 heterocycles. The Kier molecular flexibility index (Phi) is 6.78. The summed E-state index contributed by atoms with van der Waals surface area (Å²) in [5.41, 5.74) is 0.141. The van der Waals surface area contributed by atoms with Gasteiger partial charge < -0.3 is 39.7 Å². The SMILES string of the molecule is C[C@]12CCC(O[C@@H]3O[C@H](CO)[C@H](O)[C@H](O)[C@H]3O)C[C@H]1CC[C@@H]1[C@@H]2CC[C@]2(C)[C@@H](C3=CC(=O)OC3)CC[C@]12O. The molecule has 4 aliphatic carbocycles. The second-order valence-corrected chi connectivity index (χ2v) is 13.5. The largest absolute Gasteiger partial charge is 0.458 e. The quantitative estimate of drug-likeness (QED) is 0.266. The molecular formula is C29H44O9. The second-order valence-electron chi connectivity index (χ2n) is 13.5. The first-order valence-electron chi connectivity index (χ1n) is 14.6. The third kappa shape index (κ3) is 3.87. The molecule has 0 aromatic carbocycles. The van der Waals surface area contributed by atoms with Crippen LogP contribution in [-0.2, 0) is 19.0 Å². The first-order valence-corrected chi connectivity index (χ1v) is 14.6. The lowest BCUT2D eigenvalue weighted by molar-refractivity contribution is -0.317. The predicted octanol–water partition coefficient (Wildman–Crippen LogP) is 1.43. The normalized spacial score (nSPS) is 54.5. The minimum atomic E-state index is -1.44. The summed E-state index contributed by atoms with van der Waals surface area (Å²) in [6.45, 7) is 4.52. The molecule has 0 radical (unpaired) electrons. The number of aliphatic hydroxyl groups excluding tert-OH is 4. The molecule has 1 unspecified atom stereocenters. The molecule has 0 aromatic heterocycles. The predicted molar refractivity (Wildman–Crippen MR) is 134 cm³/mol. The minimum Gasteiger partial charge on any atom is -0.458 e. The summed E-state index contributed by atoms with van der Waals surface area (Å²) >= 11 is 0. The van der Waals surface area contributed by atoms with E-state index in [1.54, 1.807) is 6.08 Å². The van der Waals surface area contributed by atoms with Gasteiger partial charge in [0, 0.05) is 11.5 Å². The second kappa shape index (κ2) is 9.50. The zero-order valence-corrected chi connectivity index (χ0v) is 22.5. The van der Waals surface area contributed by atoms with Gasteiger partial charge in [0.15, 0.2) is 6.29 Å². The van der Waals surface area contributed by atoms with E-state index in [0.29, 0.717) is 18.4 Å². The first-order chi connectivity index (χ1) is 18.0. The summed E-state index contributed by atoms with van der Waals surface area (Å²) in [7, 11) is 0. The molecule has 0 bridgehead atoms. The van der Waals surface area contributed by atoms with E-state index in [1.165, 1.54) is 0 Å². The third-order valence-electron chi connectivity index (χ3n) is 12.1. The smallest absolute Gasteiger partial charge is 0.331 e. The fourth-order valence-electron chi connectivity index (χ4n) is 9.86. The van der Waals surface area contributed by atoms with Crippen LogP contribution >= 0.6 is 0 Å². The lowest BCUT2D eigenvalue weighted by Crippen LogP contribution is -2.63. The van der Waals surface area contributed by atoms with Crippen molar-refractivity contribution in [2.75, 3.05) is 13.2 Å². The van der Waals surface area contributed by atoms with Gasteiger partial charge in [-0.05, 0) is 92.4 Å². The molecule has 6 rings (SSSR count). The Hall–Kier alpha value is -1.07. The monoisotopic (exact) mass is 536 g/mol. The van der Waals surface area contributed by atoms with Gasteiger partial charge in [0.1, 0.15) is 31.0 Å². The van der Waals surface area contributed by atoms with Crippen molar-refractivity contribution in [1.82, 2.24) is 0 Å². The highest BCUT2D eigenvalue weighted by atomic mass is 16.7. The van der Waals surface area contributed by atoms with Crippen molar-refractivity contribution in [1.29, 1.82) is 0 Å². The molecule has 5 N–H and O–H groups in total. The van der Waals surface area contributed by atoms with Gasteiger partial charge in [0.05, 0.1) is 18.3 Å². The van der Waals surface area contributed by atoms with Crippen LogP contribution < -0.4 is 0 Å². The zero-order chi connectivity index (χ0) is 27.0. The Morgan fingerprint density at radius 3 is 2.47 bits per heavy atom. The average molecular weight is 537 g/mol.